The van der Waals surface area contributed by atoms with E-state index >= 15 is 0 Å². The van der Waals surface area contributed by atoms with Gasteiger partial charge < -0.3 is 10.3 Å². The molecule has 0 atom stereocenters. The summed E-state index contributed by atoms with van der Waals surface area (Å²) in [5, 5.41) is 4.47. The van der Waals surface area contributed by atoms with Crippen molar-refractivity contribution >= 4 is 39.5 Å². The molecule has 26 heavy (non-hydrogen) atoms. The fourth-order valence-corrected chi connectivity index (χ4v) is 6.45. The Morgan fingerprint density at radius 2 is 1.23 bits per heavy atom. The van der Waals surface area contributed by atoms with Gasteiger partial charge in [0.25, 0.3) is 0 Å². The van der Waals surface area contributed by atoms with E-state index < -0.39 is 7.14 Å². The van der Waals surface area contributed by atoms with Crippen molar-refractivity contribution in [3.63, 3.8) is 0 Å². The molecule has 0 spiro atoms. The molecule has 4 rings (SSSR count). The highest BCUT2D eigenvalue weighted by atomic mass is 31.2. The summed E-state index contributed by atoms with van der Waals surface area (Å²) in [5.74, 6) is 0. The van der Waals surface area contributed by atoms with Crippen molar-refractivity contribution in [1.82, 2.24) is 0 Å². The standard InChI is InChI=1S/C23H20NOP/c1-17-22(16-18-10-8-9-15-21(18)23(17)24)26(25,19-11-4-2-5-12-19)20-13-6-3-7-14-20/h2-16H,24H2,1H3. The lowest BCUT2D eigenvalue weighted by Gasteiger charge is -2.23. The lowest BCUT2D eigenvalue weighted by Crippen LogP contribution is -2.27. The van der Waals surface area contributed by atoms with E-state index in [0.29, 0.717) is 5.69 Å². The fourth-order valence-electron chi connectivity index (χ4n) is 3.49. The van der Waals surface area contributed by atoms with Gasteiger partial charge in [-0.15, -0.1) is 0 Å². The lowest BCUT2D eigenvalue weighted by molar-refractivity contribution is 0.592. The van der Waals surface area contributed by atoms with E-state index in [2.05, 4.69) is 0 Å². The summed E-state index contributed by atoms with van der Waals surface area (Å²) in [6.45, 7) is 1.97. The van der Waals surface area contributed by atoms with Gasteiger partial charge >= 0.3 is 0 Å². The first-order valence-corrected chi connectivity index (χ1v) is 10.3. The van der Waals surface area contributed by atoms with E-state index in [1.54, 1.807) is 0 Å². The first kappa shape index (κ1) is 16.6. The summed E-state index contributed by atoms with van der Waals surface area (Å²) >= 11 is 0. The summed E-state index contributed by atoms with van der Waals surface area (Å²) in [7, 11) is -3.03. The van der Waals surface area contributed by atoms with Crippen molar-refractivity contribution in [2.45, 2.75) is 6.92 Å². The number of benzene rings is 4. The Bertz CT molecular complexity index is 1080. The number of nitrogens with two attached hydrogens (primary N) is 1. The number of fused-ring (bicyclic) bond motifs is 1. The van der Waals surface area contributed by atoms with Crippen LogP contribution in [0.2, 0.25) is 0 Å². The summed E-state index contributed by atoms with van der Waals surface area (Å²) in [4.78, 5) is 0. The van der Waals surface area contributed by atoms with E-state index in [-0.39, 0.29) is 0 Å². The Hall–Kier alpha value is -2.83. The molecule has 0 aromatic heterocycles. The minimum atomic E-state index is -3.03. The quantitative estimate of drug-likeness (QED) is 0.437. The smallest absolute Gasteiger partial charge is 0.171 e. The molecule has 2 nitrogen and oxygen atoms in total. The van der Waals surface area contributed by atoms with Gasteiger partial charge in [-0.1, -0.05) is 84.9 Å². The first-order chi connectivity index (χ1) is 12.6. The molecular formula is C23H20NOP. The minimum absolute atomic E-state index is 0.699. The maximum atomic E-state index is 14.6. The maximum absolute atomic E-state index is 14.6. The molecule has 0 aliphatic rings. The lowest BCUT2D eigenvalue weighted by atomic mass is 10.1. The zero-order valence-electron chi connectivity index (χ0n) is 14.6. The van der Waals surface area contributed by atoms with Gasteiger partial charge in [0.15, 0.2) is 7.14 Å². The number of anilines is 1. The molecular weight excluding hydrogens is 337 g/mol. The zero-order valence-corrected chi connectivity index (χ0v) is 15.5. The number of hydrogen-bond donors (Lipinski definition) is 1. The van der Waals surface area contributed by atoms with Gasteiger partial charge in [0.1, 0.15) is 0 Å². The van der Waals surface area contributed by atoms with Crippen molar-refractivity contribution in [2.24, 2.45) is 0 Å². The Kier molecular flexibility index (Phi) is 4.14. The average Bonchev–Trinajstić information content (AvgIpc) is 2.71. The van der Waals surface area contributed by atoms with Crippen LogP contribution in [-0.4, -0.2) is 0 Å². The predicted molar refractivity (Wildman–Crippen MR) is 112 cm³/mol. The Balaban J connectivity index is 2.10. The van der Waals surface area contributed by atoms with Crippen LogP contribution in [-0.2, 0) is 4.57 Å². The molecule has 2 N–H and O–H groups in total. The minimum Gasteiger partial charge on any atom is -0.398 e. The van der Waals surface area contributed by atoms with Gasteiger partial charge in [-0.3, -0.25) is 0 Å². The van der Waals surface area contributed by atoms with E-state index in [9.17, 15) is 4.57 Å². The van der Waals surface area contributed by atoms with Gasteiger partial charge in [0.05, 0.1) is 0 Å². The Morgan fingerprint density at radius 3 is 1.81 bits per heavy atom. The fraction of sp³-hybridized carbons (Fsp3) is 0.0435. The van der Waals surface area contributed by atoms with Gasteiger partial charge in [-0.25, -0.2) is 0 Å². The normalized spacial score (nSPS) is 11.6. The maximum Gasteiger partial charge on any atom is 0.171 e. The molecule has 3 heteroatoms. The topological polar surface area (TPSA) is 43.1 Å². The summed E-state index contributed by atoms with van der Waals surface area (Å²) in [6, 6.07) is 29.4. The van der Waals surface area contributed by atoms with E-state index in [1.807, 2.05) is 97.9 Å². The van der Waals surface area contributed by atoms with Crippen molar-refractivity contribution in [3.05, 3.63) is 96.6 Å². The van der Waals surface area contributed by atoms with Crippen LogP contribution >= 0.6 is 7.14 Å². The SMILES string of the molecule is Cc1c(P(=O)(c2ccccc2)c2ccccc2)cc2ccccc2c1N. The highest BCUT2D eigenvalue weighted by Gasteiger charge is 2.32. The molecule has 0 heterocycles. The van der Waals surface area contributed by atoms with E-state index in [0.717, 1.165) is 32.2 Å². The van der Waals surface area contributed by atoms with Gasteiger partial charge in [0.2, 0.25) is 0 Å². The molecule has 0 aliphatic heterocycles. The van der Waals surface area contributed by atoms with E-state index in [1.165, 1.54) is 0 Å². The van der Waals surface area contributed by atoms with Gasteiger partial charge in [0, 0.05) is 27.0 Å². The molecule has 0 saturated heterocycles. The van der Waals surface area contributed by atoms with Gasteiger partial charge in [-0.05, 0) is 23.9 Å². The third kappa shape index (κ3) is 2.55. The molecule has 0 fully saturated rings. The molecule has 0 aliphatic carbocycles. The summed E-state index contributed by atoms with van der Waals surface area (Å²) in [6.07, 6.45) is 0. The predicted octanol–water partition coefficient (Wildman–Crippen LogP) is 4.37. The van der Waals surface area contributed by atoms with Crippen LogP contribution in [0.1, 0.15) is 5.56 Å². The first-order valence-electron chi connectivity index (χ1n) is 8.62. The Morgan fingerprint density at radius 1 is 0.731 bits per heavy atom. The summed E-state index contributed by atoms with van der Waals surface area (Å²) < 4.78 is 14.6. The number of rotatable bonds is 3. The Labute approximate surface area is 153 Å². The number of nitrogen functional groups attached to an aromatic ring is 1. The van der Waals surface area contributed by atoms with Crippen LogP contribution in [0.25, 0.3) is 10.8 Å². The van der Waals surface area contributed by atoms with Crippen LogP contribution in [0.4, 0.5) is 5.69 Å². The van der Waals surface area contributed by atoms with Crippen molar-refractivity contribution < 1.29 is 4.57 Å². The summed E-state index contributed by atoms with van der Waals surface area (Å²) in [5.41, 5.74) is 8.04. The van der Waals surface area contributed by atoms with Crippen LogP contribution in [0.5, 0.6) is 0 Å². The molecule has 4 aromatic carbocycles. The molecule has 0 saturated carbocycles. The monoisotopic (exact) mass is 357 g/mol. The molecule has 0 radical (unpaired) electrons. The van der Waals surface area contributed by atoms with Crippen molar-refractivity contribution in [3.8, 4) is 0 Å². The van der Waals surface area contributed by atoms with Crippen molar-refractivity contribution in [2.75, 3.05) is 5.73 Å². The molecule has 4 aromatic rings. The van der Waals surface area contributed by atoms with Crippen LogP contribution in [0.15, 0.2) is 91.0 Å². The molecule has 0 bridgehead atoms. The van der Waals surface area contributed by atoms with Crippen LogP contribution in [0, 0.1) is 6.92 Å². The molecule has 0 amide bonds. The third-order valence-electron chi connectivity index (χ3n) is 4.91. The highest BCUT2D eigenvalue weighted by molar-refractivity contribution is 7.85. The second-order valence-electron chi connectivity index (χ2n) is 6.44. The highest BCUT2D eigenvalue weighted by Crippen LogP contribution is 2.45. The average molecular weight is 357 g/mol. The molecule has 128 valence electrons. The second-order valence-corrected chi connectivity index (χ2v) is 9.17. The zero-order chi connectivity index (χ0) is 18.1. The van der Waals surface area contributed by atoms with Crippen LogP contribution in [0.3, 0.4) is 0 Å². The van der Waals surface area contributed by atoms with Crippen LogP contribution < -0.4 is 21.6 Å². The largest absolute Gasteiger partial charge is 0.398 e. The van der Waals surface area contributed by atoms with Crippen molar-refractivity contribution in [1.29, 1.82) is 0 Å². The third-order valence-corrected chi connectivity index (χ3v) is 8.10. The van der Waals surface area contributed by atoms with E-state index in [4.69, 9.17) is 5.73 Å². The second kappa shape index (κ2) is 6.48. The van der Waals surface area contributed by atoms with Gasteiger partial charge in [-0.2, -0.15) is 0 Å². The number of hydrogen-bond acceptors (Lipinski definition) is 2. The molecule has 0 unspecified atom stereocenters.